The van der Waals surface area contributed by atoms with Crippen LogP contribution in [0.5, 0.6) is 0 Å². The minimum absolute atomic E-state index is 0.00656. The molecule has 7 nitrogen and oxygen atoms in total. The van der Waals surface area contributed by atoms with E-state index in [-0.39, 0.29) is 11.9 Å². The summed E-state index contributed by atoms with van der Waals surface area (Å²) >= 11 is 0. The van der Waals surface area contributed by atoms with Gasteiger partial charge in [0.2, 0.25) is 11.8 Å². The number of piperidine rings is 1. The highest BCUT2D eigenvalue weighted by Crippen LogP contribution is 2.35. The summed E-state index contributed by atoms with van der Waals surface area (Å²) in [4.78, 5) is 19.7. The molecule has 37 heavy (non-hydrogen) atoms. The van der Waals surface area contributed by atoms with Crippen LogP contribution in [0.15, 0.2) is 65.2 Å². The zero-order valence-electron chi connectivity index (χ0n) is 21.3. The van der Waals surface area contributed by atoms with E-state index < -0.39 is 5.41 Å². The van der Waals surface area contributed by atoms with Crippen molar-refractivity contribution in [3.05, 3.63) is 83.5 Å². The summed E-state index contributed by atoms with van der Waals surface area (Å²) in [6.07, 6.45) is 6.96. The number of likely N-dealkylation sites (tertiary alicyclic amines) is 1. The van der Waals surface area contributed by atoms with Crippen LogP contribution in [0.2, 0.25) is 0 Å². The van der Waals surface area contributed by atoms with Gasteiger partial charge in [-0.1, -0.05) is 72.2 Å². The van der Waals surface area contributed by atoms with E-state index in [0.717, 1.165) is 37.2 Å². The number of carbonyl (C=O) groups is 1. The minimum Gasteiger partial charge on any atom is -0.349 e. The third-order valence-electron chi connectivity index (χ3n) is 7.98. The molecule has 0 radical (unpaired) electrons. The van der Waals surface area contributed by atoms with Crippen LogP contribution in [-0.2, 0) is 16.6 Å². The van der Waals surface area contributed by atoms with Gasteiger partial charge in [-0.15, -0.1) is 0 Å². The van der Waals surface area contributed by atoms with Gasteiger partial charge in [0, 0.05) is 32.5 Å². The third-order valence-corrected chi connectivity index (χ3v) is 7.98. The summed E-state index contributed by atoms with van der Waals surface area (Å²) in [6.45, 7) is 2.41. The highest BCUT2D eigenvalue weighted by Gasteiger charge is 2.41. The quantitative estimate of drug-likeness (QED) is 0.426. The van der Waals surface area contributed by atoms with E-state index in [1.54, 1.807) is 0 Å². The maximum atomic E-state index is 12.7. The van der Waals surface area contributed by atoms with Crippen LogP contribution < -0.4 is 5.32 Å². The smallest absolute Gasteiger partial charge is 0.247 e. The largest absolute Gasteiger partial charge is 0.349 e. The first kappa shape index (κ1) is 25.2. The van der Waals surface area contributed by atoms with Gasteiger partial charge in [-0.2, -0.15) is 10.2 Å². The highest BCUT2D eigenvalue weighted by atomic mass is 16.5. The maximum Gasteiger partial charge on any atom is 0.247 e. The molecule has 2 heterocycles. The van der Waals surface area contributed by atoms with Crippen molar-refractivity contribution in [1.29, 1.82) is 5.26 Å². The van der Waals surface area contributed by atoms with Crippen molar-refractivity contribution in [2.45, 2.75) is 62.8 Å². The molecule has 2 aliphatic rings. The zero-order chi connectivity index (χ0) is 25.5. The van der Waals surface area contributed by atoms with Crippen LogP contribution in [0.4, 0.5) is 0 Å². The van der Waals surface area contributed by atoms with Gasteiger partial charge >= 0.3 is 0 Å². The Morgan fingerprint density at radius 2 is 1.81 bits per heavy atom. The van der Waals surface area contributed by atoms with E-state index in [4.69, 9.17) is 4.52 Å². The van der Waals surface area contributed by atoms with Gasteiger partial charge in [-0.3, -0.25) is 4.79 Å². The first-order valence-electron chi connectivity index (χ1n) is 13.5. The fraction of sp³-hybridized carbons (Fsp3) is 0.467. The molecule has 1 aromatic heterocycles. The Morgan fingerprint density at radius 1 is 1.11 bits per heavy atom. The lowest BCUT2D eigenvalue weighted by Gasteiger charge is -2.35. The van der Waals surface area contributed by atoms with Crippen LogP contribution >= 0.6 is 0 Å². The second kappa shape index (κ2) is 11.7. The number of carbonyl (C=O) groups excluding carboxylic acids is 1. The number of rotatable bonds is 10. The molecule has 1 aliphatic heterocycles. The Kier molecular flexibility index (Phi) is 7.96. The SMILES string of the molecule is N#CC1(c2nc(Cc3ccccc3)no2)CCN(CC[C@H](NC(=O)CC2CCC2)c2ccccc2)CC1. The second-order valence-corrected chi connectivity index (χ2v) is 10.5. The van der Waals surface area contributed by atoms with Crippen molar-refractivity contribution >= 4 is 5.91 Å². The number of nitrogens with one attached hydrogen (secondary N) is 1. The van der Waals surface area contributed by atoms with Gasteiger partial charge in [0.25, 0.3) is 0 Å². The van der Waals surface area contributed by atoms with E-state index in [2.05, 4.69) is 38.6 Å². The normalized spacial score (nSPS) is 18.5. The number of benzene rings is 2. The van der Waals surface area contributed by atoms with Gasteiger partial charge < -0.3 is 14.7 Å². The molecular weight excluding hydrogens is 462 g/mol. The Labute approximate surface area is 218 Å². The molecule has 1 aliphatic carbocycles. The van der Waals surface area contributed by atoms with Gasteiger partial charge in [0.15, 0.2) is 5.82 Å². The molecule has 7 heteroatoms. The Bertz CT molecular complexity index is 1190. The number of amides is 1. The molecule has 0 spiro atoms. The minimum atomic E-state index is -0.742. The number of hydrogen-bond donors (Lipinski definition) is 1. The van der Waals surface area contributed by atoms with E-state index >= 15 is 0 Å². The monoisotopic (exact) mass is 497 g/mol. The second-order valence-electron chi connectivity index (χ2n) is 10.5. The fourth-order valence-electron chi connectivity index (χ4n) is 5.36. The predicted molar refractivity (Wildman–Crippen MR) is 140 cm³/mol. The van der Waals surface area contributed by atoms with E-state index in [1.807, 2.05) is 48.5 Å². The number of nitrogens with zero attached hydrogens (tertiary/aromatic N) is 4. The van der Waals surface area contributed by atoms with Gasteiger partial charge in [-0.05, 0) is 49.1 Å². The number of aromatic nitrogens is 2. The average Bonchev–Trinajstić information content (AvgIpc) is 3.39. The Balaban J connectivity index is 1.17. The third kappa shape index (κ3) is 6.26. The Hall–Kier alpha value is -3.50. The lowest BCUT2D eigenvalue weighted by atomic mass is 9.79. The van der Waals surface area contributed by atoms with E-state index in [0.29, 0.717) is 43.3 Å². The summed E-state index contributed by atoms with van der Waals surface area (Å²) in [5.41, 5.74) is 1.52. The average molecular weight is 498 g/mol. The maximum absolute atomic E-state index is 12.7. The molecule has 0 bridgehead atoms. The first-order valence-corrected chi connectivity index (χ1v) is 13.5. The summed E-state index contributed by atoms with van der Waals surface area (Å²) in [6, 6.07) is 22.8. The van der Waals surface area contributed by atoms with Crippen LogP contribution in [0.25, 0.3) is 0 Å². The van der Waals surface area contributed by atoms with Crippen molar-refractivity contribution < 1.29 is 9.32 Å². The highest BCUT2D eigenvalue weighted by molar-refractivity contribution is 5.76. The fourth-order valence-corrected chi connectivity index (χ4v) is 5.36. The van der Waals surface area contributed by atoms with E-state index in [9.17, 15) is 10.1 Å². The van der Waals surface area contributed by atoms with Crippen LogP contribution in [0.1, 0.15) is 73.8 Å². The molecule has 5 rings (SSSR count). The lowest BCUT2D eigenvalue weighted by Crippen LogP contribution is -2.43. The number of nitriles is 1. The summed E-state index contributed by atoms with van der Waals surface area (Å²) < 4.78 is 5.60. The summed E-state index contributed by atoms with van der Waals surface area (Å²) in [5.74, 6) is 1.76. The molecule has 2 aromatic carbocycles. The van der Waals surface area contributed by atoms with Crippen molar-refractivity contribution in [1.82, 2.24) is 20.4 Å². The van der Waals surface area contributed by atoms with Crippen LogP contribution in [-0.4, -0.2) is 40.6 Å². The molecule has 1 saturated heterocycles. The summed E-state index contributed by atoms with van der Waals surface area (Å²) in [7, 11) is 0. The zero-order valence-corrected chi connectivity index (χ0v) is 21.3. The Morgan fingerprint density at radius 3 is 2.46 bits per heavy atom. The van der Waals surface area contributed by atoms with E-state index in [1.165, 1.54) is 19.3 Å². The van der Waals surface area contributed by atoms with Gasteiger partial charge in [0.05, 0.1) is 12.1 Å². The lowest BCUT2D eigenvalue weighted by molar-refractivity contribution is -0.123. The molecule has 3 aromatic rings. The standard InChI is InChI=1S/C30H35N5O2/c31-22-30(29-33-27(34-37-29)20-23-8-3-1-4-9-23)15-18-35(19-16-30)17-14-26(25-12-5-2-6-13-25)32-28(36)21-24-10-7-11-24/h1-6,8-9,12-13,24,26H,7,10-11,14-21H2,(H,32,36)/t26-/m0/s1. The van der Waals surface area contributed by atoms with Gasteiger partial charge in [-0.25, -0.2) is 0 Å². The number of hydrogen-bond acceptors (Lipinski definition) is 6. The molecule has 2 fully saturated rings. The van der Waals surface area contributed by atoms with Crippen molar-refractivity contribution in [3.63, 3.8) is 0 Å². The van der Waals surface area contributed by atoms with Crippen molar-refractivity contribution in [2.24, 2.45) is 5.92 Å². The first-order chi connectivity index (χ1) is 18.1. The predicted octanol–water partition coefficient (Wildman–Crippen LogP) is 4.96. The molecule has 192 valence electrons. The van der Waals surface area contributed by atoms with Crippen LogP contribution in [0, 0.1) is 17.2 Å². The van der Waals surface area contributed by atoms with Crippen molar-refractivity contribution in [3.8, 4) is 6.07 Å². The van der Waals surface area contributed by atoms with Crippen molar-refractivity contribution in [2.75, 3.05) is 19.6 Å². The molecule has 1 atom stereocenters. The van der Waals surface area contributed by atoms with Gasteiger partial charge in [0.1, 0.15) is 5.41 Å². The molecule has 1 saturated carbocycles. The topological polar surface area (TPSA) is 95.1 Å². The molecule has 1 N–H and O–H groups in total. The van der Waals surface area contributed by atoms with Crippen LogP contribution in [0.3, 0.4) is 0 Å². The molecular formula is C30H35N5O2. The molecule has 0 unspecified atom stereocenters. The molecule has 1 amide bonds. The summed E-state index contributed by atoms with van der Waals surface area (Å²) in [5, 5.41) is 17.6.